The van der Waals surface area contributed by atoms with E-state index in [4.69, 9.17) is 5.11 Å². The number of nitrogens with one attached hydrogen (secondary N) is 1. The summed E-state index contributed by atoms with van der Waals surface area (Å²) >= 11 is 0. The Morgan fingerprint density at radius 1 is 1.60 bits per heavy atom. The Bertz CT molecular complexity index is 317. The summed E-state index contributed by atoms with van der Waals surface area (Å²) < 4.78 is 1.99. The number of aromatic nitrogens is 2. The van der Waals surface area contributed by atoms with Crippen molar-refractivity contribution in [1.29, 1.82) is 0 Å². The van der Waals surface area contributed by atoms with Crippen LogP contribution < -0.4 is 5.32 Å². The van der Waals surface area contributed by atoms with E-state index in [2.05, 4.69) is 17.3 Å². The van der Waals surface area contributed by atoms with Crippen LogP contribution in [-0.4, -0.2) is 28.0 Å². The van der Waals surface area contributed by atoms with Crippen LogP contribution in [0, 0.1) is 5.41 Å². The molecule has 1 aromatic rings. The second kappa shape index (κ2) is 4.33. The van der Waals surface area contributed by atoms with Crippen molar-refractivity contribution >= 4 is 0 Å². The predicted octanol–water partition coefficient (Wildman–Crippen LogP) is 0.765. The van der Waals surface area contributed by atoms with Gasteiger partial charge in [0.1, 0.15) is 0 Å². The molecule has 0 atom stereocenters. The molecule has 0 saturated heterocycles. The number of hydrogen-bond donors (Lipinski definition) is 2. The number of nitrogens with zero attached hydrogens (tertiary/aromatic N) is 2. The molecule has 4 heteroatoms. The van der Waals surface area contributed by atoms with Crippen LogP contribution in [0.5, 0.6) is 0 Å². The van der Waals surface area contributed by atoms with Crippen LogP contribution in [0.1, 0.15) is 25.5 Å². The van der Waals surface area contributed by atoms with Crippen molar-refractivity contribution in [2.24, 2.45) is 5.41 Å². The van der Waals surface area contributed by atoms with Crippen molar-refractivity contribution in [3.63, 3.8) is 0 Å². The van der Waals surface area contributed by atoms with Gasteiger partial charge in [0.05, 0.1) is 5.69 Å². The van der Waals surface area contributed by atoms with Gasteiger partial charge in [-0.1, -0.05) is 0 Å². The minimum Gasteiger partial charge on any atom is -0.396 e. The summed E-state index contributed by atoms with van der Waals surface area (Å²) in [5.41, 5.74) is 1.41. The SMILES string of the molecule is CCn1nccc1CNCC1(CO)CC1. The number of aliphatic hydroxyl groups excluding tert-OH is 1. The second-order valence-electron chi connectivity index (χ2n) is 4.40. The first-order chi connectivity index (χ1) is 7.29. The lowest BCUT2D eigenvalue weighted by atomic mass is 10.1. The van der Waals surface area contributed by atoms with Gasteiger partial charge in [0.25, 0.3) is 0 Å². The van der Waals surface area contributed by atoms with Gasteiger partial charge in [0.2, 0.25) is 0 Å². The average molecular weight is 209 g/mol. The molecule has 0 unspecified atom stereocenters. The van der Waals surface area contributed by atoms with Crippen LogP contribution >= 0.6 is 0 Å². The maximum atomic E-state index is 9.16. The molecule has 15 heavy (non-hydrogen) atoms. The number of hydrogen-bond acceptors (Lipinski definition) is 3. The highest BCUT2D eigenvalue weighted by atomic mass is 16.3. The van der Waals surface area contributed by atoms with Crippen LogP contribution in [0.25, 0.3) is 0 Å². The lowest BCUT2D eigenvalue weighted by molar-refractivity contribution is 0.207. The molecule has 2 N–H and O–H groups in total. The summed E-state index contributed by atoms with van der Waals surface area (Å²) in [5, 5.41) is 16.8. The van der Waals surface area contributed by atoms with Crippen molar-refractivity contribution in [3.8, 4) is 0 Å². The minimum absolute atomic E-state index is 0.192. The van der Waals surface area contributed by atoms with Crippen LogP contribution in [0.15, 0.2) is 12.3 Å². The highest BCUT2D eigenvalue weighted by molar-refractivity contribution is 5.01. The molecule has 1 aliphatic rings. The van der Waals surface area contributed by atoms with E-state index in [-0.39, 0.29) is 5.41 Å². The molecule has 0 aliphatic heterocycles. The fourth-order valence-corrected chi connectivity index (χ4v) is 1.82. The van der Waals surface area contributed by atoms with Crippen LogP contribution in [0.4, 0.5) is 0 Å². The molecule has 0 amide bonds. The zero-order chi connectivity index (χ0) is 10.7. The summed E-state index contributed by atoms with van der Waals surface area (Å²) in [6, 6.07) is 2.04. The first-order valence-corrected chi connectivity index (χ1v) is 5.62. The Labute approximate surface area is 90.3 Å². The largest absolute Gasteiger partial charge is 0.396 e. The monoisotopic (exact) mass is 209 g/mol. The van der Waals surface area contributed by atoms with E-state index in [0.29, 0.717) is 6.61 Å². The molecular weight excluding hydrogens is 190 g/mol. The van der Waals surface area contributed by atoms with E-state index >= 15 is 0 Å². The van der Waals surface area contributed by atoms with E-state index < -0.39 is 0 Å². The van der Waals surface area contributed by atoms with E-state index in [1.807, 2.05) is 16.9 Å². The zero-order valence-corrected chi connectivity index (χ0v) is 9.24. The molecule has 0 bridgehead atoms. The molecule has 84 valence electrons. The summed E-state index contributed by atoms with van der Waals surface area (Å²) in [4.78, 5) is 0. The van der Waals surface area contributed by atoms with Gasteiger partial charge in [-0.3, -0.25) is 4.68 Å². The third-order valence-corrected chi connectivity index (χ3v) is 3.20. The standard InChI is InChI=1S/C11H19N3O/c1-2-14-10(3-6-13-14)7-12-8-11(9-15)4-5-11/h3,6,12,15H,2,4-5,7-9H2,1H3. The van der Waals surface area contributed by atoms with Crippen molar-refractivity contribution < 1.29 is 5.11 Å². The van der Waals surface area contributed by atoms with E-state index in [1.165, 1.54) is 5.69 Å². The molecule has 2 rings (SSSR count). The third kappa shape index (κ3) is 2.38. The Hall–Kier alpha value is -0.870. The molecule has 1 aliphatic carbocycles. The van der Waals surface area contributed by atoms with Crippen LogP contribution in [0.2, 0.25) is 0 Å². The van der Waals surface area contributed by atoms with Crippen LogP contribution in [-0.2, 0) is 13.1 Å². The van der Waals surface area contributed by atoms with Gasteiger partial charge in [-0.15, -0.1) is 0 Å². The van der Waals surface area contributed by atoms with Gasteiger partial charge in [-0.05, 0) is 25.8 Å². The maximum Gasteiger partial charge on any atom is 0.0521 e. The van der Waals surface area contributed by atoms with E-state index in [0.717, 1.165) is 32.5 Å². The third-order valence-electron chi connectivity index (χ3n) is 3.20. The second-order valence-corrected chi connectivity index (χ2v) is 4.40. The maximum absolute atomic E-state index is 9.16. The van der Waals surface area contributed by atoms with Gasteiger partial charge in [-0.2, -0.15) is 5.10 Å². The molecule has 0 radical (unpaired) electrons. The zero-order valence-electron chi connectivity index (χ0n) is 9.24. The molecule has 0 aromatic carbocycles. The average Bonchev–Trinajstić information content (AvgIpc) is 2.90. The van der Waals surface area contributed by atoms with E-state index in [1.54, 1.807) is 0 Å². The molecule has 0 spiro atoms. The Balaban J connectivity index is 1.78. The van der Waals surface area contributed by atoms with Gasteiger partial charge in [0.15, 0.2) is 0 Å². The highest BCUT2D eigenvalue weighted by Gasteiger charge is 2.41. The quantitative estimate of drug-likeness (QED) is 0.727. The predicted molar refractivity (Wildman–Crippen MR) is 58.4 cm³/mol. The Kier molecular flexibility index (Phi) is 3.07. The molecule has 1 aromatic heterocycles. The number of aliphatic hydroxyl groups is 1. The van der Waals surface area contributed by atoms with Crippen molar-refractivity contribution in [3.05, 3.63) is 18.0 Å². The summed E-state index contributed by atoms with van der Waals surface area (Å²) in [6.07, 6.45) is 4.15. The lowest BCUT2D eigenvalue weighted by Gasteiger charge is -2.13. The van der Waals surface area contributed by atoms with Gasteiger partial charge < -0.3 is 10.4 Å². The molecular formula is C11H19N3O. The summed E-state index contributed by atoms with van der Waals surface area (Å²) in [6.45, 7) is 5.07. The van der Waals surface area contributed by atoms with Crippen molar-refractivity contribution in [1.82, 2.24) is 15.1 Å². The van der Waals surface area contributed by atoms with Crippen molar-refractivity contribution in [2.75, 3.05) is 13.2 Å². The van der Waals surface area contributed by atoms with Gasteiger partial charge in [0, 0.05) is 37.9 Å². The number of aryl methyl sites for hydroxylation is 1. The molecule has 1 saturated carbocycles. The minimum atomic E-state index is 0.192. The summed E-state index contributed by atoms with van der Waals surface area (Å²) in [5.74, 6) is 0. The fraction of sp³-hybridized carbons (Fsp3) is 0.727. The van der Waals surface area contributed by atoms with Crippen molar-refractivity contribution in [2.45, 2.75) is 32.9 Å². The first-order valence-electron chi connectivity index (χ1n) is 5.62. The first kappa shape index (κ1) is 10.6. The topological polar surface area (TPSA) is 50.1 Å². The Morgan fingerprint density at radius 2 is 2.40 bits per heavy atom. The lowest BCUT2D eigenvalue weighted by Crippen LogP contribution is -2.27. The van der Waals surface area contributed by atoms with Crippen LogP contribution in [0.3, 0.4) is 0 Å². The molecule has 1 fully saturated rings. The molecule has 1 heterocycles. The Morgan fingerprint density at radius 3 is 3.00 bits per heavy atom. The fourth-order valence-electron chi connectivity index (χ4n) is 1.82. The normalized spacial score (nSPS) is 18.0. The van der Waals surface area contributed by atoms with Gasteiger partial charge in [-0.25, -0.2) is 0 Å². The number of rotatable bonds is 6. The highest BCUT2D eigenvalue weighted by Crippen LogP contribution is 2.44. The van der Waals surface area contributed by atoms with E-state index in [9.17, 15) is 0 Å². The van der Waals surface area contributed by atoms with Gasteiger partial charge >= 0.3 is 0 Å². The molecule has 4 nitrogen and oxygen atoms in total. The smallest absolute Gasteiger partial charge is 0.0521 e. The summed E-state index contributed by atoms with van der Waals surface area (Å²) in [7, 11) is 0.